The van der Waals surface area contributed by atoms with Crippen molar-refractivity contribution in [2.45, 2.75) is 38.7 Å². The van der Waals surface area contributed by atoms with Gasteiger partial charge >= 0.3 is 0 Å². The normalized spacial score (nSPS) is 19.9. The smallest absolute Gasteiger partial charge is 0.123 e. The van der Waals surface area contributed by atoms with Crippen LogP contribution < -0.4 is 0 Å². The number of hydrogen-bond donors (Lipinski definition) is 0. The first-order valence-corrected chi connectivity index (χ1v) is 9.09. The van der Waals surface area contributed by atoms with Crippen molar-refractivity contribution < 1.29 is 4.74 Å². The van der Waals surface area contributed by atoms with Gasteiger partial charge in [0, 0.05) is 42.8 Å². The molecule has 4 nitrogen and oxygen atoms in total. The number of pyridine rings is 1. The minimum atomic E-state index is 0.101. The second kappa shape index (κ2) is 7.07. The minimum Gasteiger partial charge on any atom is -0.368 e. The van der Waals surface area contributed by atoms with Gasteiger partial charge in [0.1, 0.15) is 11.1 Å². The first-order chi connectivity index (χ1) is 11.0. The lowest BCUT2D eigenvalue weighted by Crippen LogP contribution is -2.39. The molecule has 1 fully saturated rings. The van der Waals surface area contributed by atoms with Crippen molar-refractivity contribution in [3.05, 3.63) is 46.2 Å². The summed E-state index contributed by atoms with van der Waals surface area (Å²) in [6.07, 6.45) is 4.92. The van der Waals surface area contributed by atoms with E-state index >= 15 is 0 Å². The zero-order valence-electron chi connectivity index (χ0n) is 14.2. The highest BCUT2D eigenvalue weighted by Gasteiger charge is 2.26. The Labute approximate surface area is 142 Å². The summed E-state index contributed by atoms with van der Waals surface area (Å²) >= 11 is 1.73. The van der Waals surface area contributed by atoms with Crippen LogP contribution in [0, 0.1) is 0 Å². The predicted molar refractivity (Wildman–Crippen MR) is 93.9 cm³/mol. The predicted octanol–water partition coefficient (Wildman–Crippen LogP) is 3.45. The molecule has 0 unspecified atom stereocenters. The molecule has 0 bridgehead atoms. The summed E-state index contributed by atoms with van der Waals surface area (Å²) in [6.45, 7) is 10.4. The third-order valence-electron chi connectivity index (χ3n) is 4.16. The van der Waals surface area contributed by atoms with Crippen LogP contribution >= 0.6 is 11.3 Å². The van der Waals surface area contributed by atoms with E-state index in [1.165, 1.54) is 5.56 Å². The molecule has 5 heteroatoms. The Morgan fingerprint density at radius 2 is 2.26 bits per heavy atom. The molecule has 0 radical (unpaired) electrons. The molecule has 0 aliphatic carbocycles. The van der Waals surface area contributed by atoms with Gasteiger partial charge < -0.3 is 4.74 Å². The summed E-state index contributed by atoms with van der Waals surface area (Å²) < 4.78 is 5.97. The first kappa shape index (κ1) is 16.6. The Morgan fingerprint density at radius 3 is 2.96 bits per heavy atom. The molecular formula is C18H25N3OS. The largest absolute Gasteiger partial charge is 0.368 e. The zero-order chi connectivity index (χ0) is 16.3. The van der Waals surface area contributed by atoms with Gasteiger partial charge in [-0.15, -0.1) is 11.3 Å². The van der Waals surface area contributed by atoms with Crippen LogP contribution in [0.2, 0.25) is 0 Å². The van der Waals surface area contributed by atoms with Gasteiger partial charge in [-0.25, -0.2) is 4.98 Å². The molecule has 3 rings (SSSR count). The molecule has 0 aromatic carbocycles. The van der Waals surface area contributed by atoms with Gasteiger partial charge in [0.05, 0.1) is 12.3 Å². The van der Waals surface area contributed by atoms with Crippen molar-refractivity contribution in [3.8, 4) is 0 Å². The molecule has 2 aromatic rings. The molecule has 0 amide bonds. The fourth-order valence-electron chi connectivity index (χ4n) is 2.67. The molecule has 23 heavy (non-hydrogen) atoms. The molecule has 0 spiro atoms. The fourth-order valence-corrected chi connectivity index (χ4v) is 3.75. The van der Waals surface area contributed by atoms with Gasteiger partial charge in [-0.05, 0) is 18.1 Å². The van der Waals surface area contributed by atoms with E-state index in [0.717, 1.165) is 43.4 Å². The summed E-state index contributed by atoms with van der Waals surface area (Å²) in [5.41, 5.74) is 2.55. The van der Waals surface area contributed by atoms with E-state index in [2.05, 4.69) is 42.1 Å². The van der Waals surface area contributed by atoms with Crippen LogP contribution in [-0.2, 0) is 16.6 Å². The third-order valence-corrected chi connectivity index (χ3v) is 5.09. The molecule has 1 aliphatic rings. The number of aromatic nitrogens is 2. The number of ether oxygens (including phenoxy) is 1. The maximum atomic E-state index is 5.97. The van der Waals surface area contributed by atoms with Gasteiger partial charge in [-0.2, -0.15) is 0 Å². The summed E-state index contributed by atoms with van der Waals surface area (Å²) in [4.78, 5) is 11.5. The maximum absolute atomic E-state index is 5.97. The van der Waals surface area contributed by atoms with E-state index in [1.807, 2.05) is 18.5 Å². The van der Waals surface area contributed by atoms with Crippen LogP contribution in [-0.4, -0.2) is 41.1 Å². The van der Waals surface area contributed by atoms with Gasteiger partial charge in [0.2, 0.25) is 0 Å². The van der Waals surface area contributed by atoms with E-state index in [9.17, 15) is 0 Å². The second-order valence-corrected chi connectivity index (χ2v) is 7.98. The van der Waals surface area contributed by atoms with Crippen molar-refractivity contribution in [1.82, 2.24) is 14.9 Å². The Morgan fingerprint density at radius 1 is 1.39 bits per heavy atom. The lowest BCUT2D eigenvalue weighted by Gasteiger charge is -2.32. The van der Waals surface area contributed by atoms with E-state index in [4.69, 9.17) is 9.72 Å². The molecule has 2 aromatic heterocycles. The Hall–Kier alpha value is -1.30. The van der Waals surface area contributed by atoms with Gasteiger partial charge in [-0.1, -0.05) is 26.8 Å². The number of rotatable bonds is 4. The average molecular weight is 331 g/mol. The molecule has 1 saturated heterocycles. The van der Waals surface area contributed by atoms with E-state index < -0.39 is 0 Å². The van der Waals surface area contributed by atoms with E-state index in [1.54, 1.807) is 11.3 Å². The van der Waals surface area contributed by atoms with Crippen LogP contribution in [0.3, 0.4) is 0 Å². The lowest BCUT2D eigenvalue weighted by molar-refractivity contribution is -0.0297. The van der Waals surface area contributed by atoms with Gasteiger partial charge in [-0.3, -0.25) is 9.88 Å². The summed E-state index contributed by atoms with van der Waals surface area (Å²) in [7, 11) is 0. The summed E-state index contributed by atoms with van der Waals surface area (Å²) in [6, 6.07) is 4.14. The number of hydrogen-bond acceptors (Lipinski definition) is 5. The Kier molecular flexibility index (Phi) is 5.09. The highest BCUT2D eigenvalue weighted by molar-refractivity contribution is 7.09. The quantitative estimate of drug-likeness (QED) is 0.860. The Bertz CT molecular complexity index is 621. The highest BCUT2D eigenvalue weighted by Crippen LogP contribution is 2.30. The molecular weight excluding hydrogens is 306 g/mol. The molecule has 1 aliphatic heterocycles. The molecule has 0 saturated carbocycles. The molecule has 124 valence electrons. The van der Waals surface area contributed by atoms with Crippen molar-refractivity contribution in [2.75, 3.05) is 26.2 Å². The van der Waals surface area contributed by atoms with E-state index in [-0.39, 0.29) is 11.5 Å². The van der Waals surface area contributed by atoms with Gasteiger partial charge in [0.15, 0.2) is 0 Å². The SMILES string of the molecule is CC(C)(C)c1csc([C@@H]2CN(CCc3cccnc3)CCO2)n1. The Balaban J connectivity index is 1.59. The van der Waals surface area contributed by atoms with Crippen molar-refractivity contribution in [2.24, 2.45) is 0 Å². The van der Waals surface area contributed by atoms with Crippen LogP contribution in [0.1, 0.15) is 43.1 Å². The molecule has 0 N–H and O–H groups in total. The standard InChI is InChI=1S/C18H25N3OS/c1-18(2,3)16-13-23-17(20-16)15-12-21(9-10-22-15)8-6-14-5-4-7-19-11-14/h4-5,7,11,13,15H,6,8-10,12H2,1-3H3/t15-/m0/s1. The van der Waals surface area contributed by atoms with Gasteiger partial charge in [0.25, 0.3) is 0 Å². The molecule has 1 atom stereocenters. The first-order valence-electron chi connectivity index (χ1n) is 8.21. The number of thiazole rings is 1. The van der Waals surface area contributed by atoms with Crippen molar-refractivity contribution >= 4 is 11.3 Å². The van der Waals surface area contributed by atoms with Crippen LogP contribution in [0.5, 0.6) is 0 Å². The monoisotopic (exact) mass is 331 g/mol. The summed E-state index contributed by atoms with van der Waals surface area (Å²) in [5, 5.41) is 3.29. The summed E-state index contributed by atoms with van der Waals surface area (Å²) in [5.74, 6) is 0. The van der Waals surface area contributed by atoms with Crippen molar-refractivity contribution in [3.63, 3.8) is 0 Å². The van der Waals surface area contributed by atoms with Crippen LogP contribution in [0.4, 0.5) is 0 Å². The van der Waals surface area contributed by atoms with Crippen LogP contribution in [0.25, 0.3) is 0 Å². The number of morpholine rings is 1. The third kappa shape index (κ3) is 4.37. The highest BCUT2D eigenvalue weighted by atomic mass is 32.1. The second-order valence-electron chi connectivity index (χ2n) is 7.09. The number of nitrogens with zero attached hydrogens (tertiary/aromatic N) is 3. The zero-order valence-corrected chi connectivity index (χ0v) is 15.0. The topological polar surface area (TPSA) is 38.2 Å². The minimum absolute atomic E-state index is 0.101. The maximum Gasteiger partial charge on any atom is 0.123 e. The lowest BCUT2D eigenvalue weighted by atomic mass is 9.93. The average Bonchev–Trinajstić information content (AvgIpc) is 3.05. The van der Waals surface area contributed by atoms with Crippen molar-refractivity contribution in [1.29, 1.82) is 0 Å². The van der Waals surface area contributed by atoms with Crippen LogP contribution in [0.15, 0.2) is 29.9 Å². The fraction of sp³-hybridized carbons (Fsp3) is 0.556. The molecule has 3 heterocycles. The van der Waals surface area contributed by atoms with E-state index in [0.29, 0.717) is 0 Å².